The molecule has 0 bridgehead atoms. The summed E-state index contributed by atoms with van der Waals surface area (Å²) < 4.78 is 5.34. The van der Waals surface area contributed by atoms with Crippen molar-refractivity contribution in [1.82, 2.24) is 9.88 Å². The first-order valence-electron chi connectivity index (χ1n) is 7.83. The third-order valence-corrected chi connectivity index (χ3v) is 3.49. The highest BCUT2D eigenvalue weighted by Crippen LogP contribution is 2.20. The van der Waals surface area contributed by atoms with Crippen molar-refractivity contribution in [2.45, 2.75) is 32.9 Å². The van der Waals surface area contributed by atoms with E-state index in [1.807, 2.05) is 39.0 Å². The first-order chi connectivity index (χ1) is 11.7. The monoisotopic (exact) mass is 363 g/mol. The number of benzene rings is 1. The minimum absolute atomic E-state index is 0.302. The van der Waals surface area contributed by atoms with Crippen LogP contribution in [0.2, 0.25) is 5.02 Å². The number of hydrogen-bond donors (Lipinski definition) is 2. The molecule has 0 aliphatic heterocycles. The molecular weight excluding hydrogens is 342 g/mol. The van der Waals surface area contributed by atoms with E-state index in [4.69, 9.17) is 16.3 Å². The Balaban J connectivity index is 2.10. The molecular formula is C18H22ClN3O3. The summed E-state index contributed by atoms with van der Waals surface area (Å²) in [5, 5.41) is 3.29. The van der Waals surface area contributed by atoms with Crippen molar-refractivity contribution in [3.05, 3.63) is 52.8 Å². The smallest absolute Gasteiger partial charge is 0.410 e. The van der Waals surface area contributed by atoms with Gasteiger partial charge in [0.2, 0.25) is 0 Å². The lowest BCUT2D eigenvalue weighted by Crippen LogP contribution is -2.34. The van der Waals surface area contributed by atoms with Crippen molar-refractivity contribution >= 4 is 29.3 Å². The number of aromatic amines is 1. The summed E-state index contributed by atoms with van der Waals surface area (Å²) >= 11 is 5.83. The molecule has 1 heterocycles. The normalized spacial score (nSPS) is 11.1. The van der Waals surface area contributed by atoms with Gasteiger partial charge in [-0.2, -0.15) is 0 Å². The van der Waals surface area contributed by atoms with Gasteiger partial charge in [0.25, 0.3) is 5.91 Å². The molecule has 0 spiro atoms. The number of carbonyl (C=O) groups is 2. The number of nitrogens with one attached hydrogen (secondary N) is 2. The van der Waals surface area contributed by atoms with Gasteiger partial charge in [-0.25, -0.2) is 4.79 Å². The summed E-state index contributed by atoms with van der Waals surface area (Å²) in [6.07, 6.45) is 1.11. The topological polar surface area (TPSA) is 74.4 Å². The van der Waals surface area contributed by atoms with Gasteiger partial charge in [-0.3, -0.25) is 4.79 Å². The second-order valence-corrected chi connectivity index (χ2v) is 7.12. The molecule has 0 saturated heterocycles. The maximum atomic E-state index is 12.3. The fourth-order valence-corrected chi connectivity index (χ4v) is 2.29. The Kier molecular flexibility index (Phi) is 5.74. The zero-order valence-corrected chi connectivity index (χ0v) is 15.5. The third-order valence-electron chi connectivity index (χ3n) is 3.27. The van der Waals surface area contributed by atoms with Crippen LogP contribution in [0.4, 0.5) is 10.5 Å². The predicted molar refractivity (Wildman–Crippen MR) is 97.9 cm³/mol. The molecule has 7 heteroatoms. The number of rotatable bonds is 4. The van der Waals surface area contributed by atoms with Crippen LogP contribution in [0, 0.1) is 0 Å². The lowest BCUT2D eigenvalue weighted by molar-refractivity contribution is 0.0285. The van der Waals surface area contributed by atoms with Crippen LogP contribution in [0.3, 0.4) is 0 Å². The van der Waals surface area contributed by atoms with E-state index in [9.17, 15) is 9.59 Å². The predicted octanol–water partition coefficient (Wildman–Crippen LogP) is 4.29. The molecule has 0 fully saturated rings. The number of ether oxygens (including phenoxy) is 1. The number of H-pyrrole nitrogens is 1. The number of hydrogen-bond acceptors (Lipinski definition) is 3. The minimum atomic E-state index is -0.564. The molecule has 0 unspecified atom stereocenters. The van der Waals surface area contributed by atoms with Gasteiger partial charge >= 0.3 is 6.09 Å². The number of carbonyl (C=O) groups excluding carboxylic acids is 2. The van der Waals surface area contributed by atoms with Crippen LogP contribution in [0.25, 0.3) is 0 Å². The number of nitrogens with zero attached hydrogens (tertiary/aromatic N) is 1. The maximum absolute atomic E-state index is 12.3. The highest BCUT2D eigenvalue weighted by molar-refractivity contribution is 6.31. The Morgan fingerprint density at radius 3 is 2.56 bits per heavy atom. The number of para-hydroxylation sites is 1. The first kappa shape index (κ1) is 18.9. The van der Waals surface area contributed by atoms with Gasteiger partial charge in [0.15, 0.2) is 0 Å². The average Bonchev–Trinajstić information content (AvgIpc) is 2.94. The summed E-state index contributed by atoms with van der Waals surface area (Å²) in [5.41, 5.74) is 1.21. The van der Waals surface area contributed by atoms with E-state index in [2.05, 4.69) is 10.3 Å². The Bertz CT molecular complexity index is 765. The molecule has 6 nitrogen and oxygen atoms in total. The Morgan fingerprint density at radius 2 is 1.96 bits per heavy atom. The van der Waals surface area contributed by atoms with E-state index in [1.54, 1.807) is 25.4 Å². The van der Waals surface area contributed by atoms with Crippen LogP contribution in [0.1, 0.15) is 36.8 Å². The fourth-order valence-electron chi connectivity index (χ4n) is 2.13. The van der Waals surface area contributed by atoms with Gasteiger partial charge in [0.1, 0.15) is 11.3 Å². The second kappa shape index (κ2) is 7.61. The van der Waals surface area contributed by atoms with E-state index >= 15 is 0 Å². The van der Waals surface area contributed by atoms with Crippen molar-refractivity contribution in [2.24, 2.45) is 0 Å². The summed E-state index contributed by atoms with van der Waals surface area (Å²) in [5.74, 6) is -0.306. The number of amides is 2. The van der Waals surface area contributed by atoms with Crippen LogP contribution in [-0.2, 0) is 11.3 Å². The van der Waals surface area contributed by atoms with Crippen LogP contribution >= 0.6 is 11.6 Å². The molecule has 2 amide bonds. The highest BCUT2D eigenvalue weighted by atomic mass is 35.5. The van der Waals surface area contributed by atoms with Crippen molar-refractivity contribution in [3.63, 3.8) is 0 Å². The van der Waals surface area contributed by atoms with Crippen LogP contribution in [0.15, 0.2) is 36.5 Å². The SMILES string of the molecule is CN(Cc1ccccc1NC(=O)c1cc(Cl)c[nH]1)C(=O)OC(C)(C)C. The number of halogens is 1. The maximum Gasteiger partial charge on any atom is 0.410 e. The van der Waals surface area contributed by atoms with Gasteiger partial charge in [0.05, 0.1) is 11.6 Å². The van der Waals surface area contributed by atoms with Gasteiger partial charge in [-0.15, -0.1) is 0 Å². The highest BCUT2D eigenvalue weighted by Gasteiger charge is 2.20. The second-order valence-electron chi connectivity index (χ2n) is 6.68. The summed E-state index contributed by atoms with van der Waals surface area (Å²) in [7, 11) is 1.65. The number of aromatic nitrogens is 1. The standard InChI is InChI=1S/C18H22ClN3O3/c1-18(2,3)25-17(24)22(4)11-12-7-5-6-8-14(12)21-16(23)15-9-13(19)10-20-15/h5-10,20H,11H2,1-4H3,(H,21,23). The Labute approximate surface area is 152 Å². The van der Waals surface area contributed by atoms with E-state index in [0.29, 0.717) is 22.9 Å². The lowest BCUT2D eigenvalue weighted by atomic mass is 10.1. The molecule has 1 aromatic carbocycles. The molecule has 2 aromatic rings. The minimum Gasteiger partial charge on any atom is -0.444 e. The largest absolute Gasteiger partial charge is 0.444 e. The van der Waals surface area contributed by atoms with Crippen LogP contribution in [-0.4, -0.2) is 34.5 Å². The van der Waals surface area contributed by atoms with Crippen LogP contribution in [0.5, 0.6) is 0 Å². The quantitative estimate of drug-likeness (QED) is 0.851. The van der Waals surface area contributed by atoms with Crippen molar-refractivity contribution in [2.75, 3.05) is 12.4 Å². The lowest BCUT2D eigenvalue weighted by Gasteiger charge is -2.25. The summed E-state index contributed by atoms with van der Waals surface area (Å²) in [6.45, 7) is 5.74. The molecule has 2 N–H and O–H groups in total. The Hall–Kier alpha value is -2.47. The zero-order valence-electron chi connectivity index (χ0n) is 14.7. The van der Waals surface area contributed by atoms with Gasteiger partial charge in [0, 0.05) is 18.9 Å². The van der Waals surface area contributed by atoms with Crippen molar-refractivity contribution in [1.29, 1.82) is 0 Å². The number of anilines is 1. The third kappa shape index (κ3) is 5.53. The van der Waals surface area contributed by atoms with Crippen molar-refractivity contribution < 1.29 is 14.3 Å². The molecule has 0 saturated carbocycles. The van der Waals surface area contributed by atoms with E-state index in [1.165, 1.54) is 4.90 Å². The first-order valence-corrected chi connectivity index (χ1v) is 8.21. The fraction of sp³-hybridized carbons (Fsp3) is 0.333. The van der Waals surface area contributed by atoms with Crippen LogP contribution < -0.4 is 5.32 Å². The molecule has 2 rings (SSSR count). The zero-order chi connectivity index (χ0) is 18.6. The average molecular weight is 364 g/mol. The molecule has 134 valence electrons. The van der Waals surface area contributed by atoms with Gasteiger partial charge in [-0.1, -0.05) is 29.8 Å². The van der Waals surface area contributed by atoms with E-state index < -0.39 is 11.7 Å². The summed E-state index contributed by atoms with van der Waals surface area (Å²) in [6, 6.07) is 8.83. The van der Waals surface area contributed by atoms with Crippen molar-refractivity contribution in [3.8, 4) is 0 Å². The summed E-state index contributed by atoms with van der Waals surface area (Å²) in [4.78, 5) is 28.7. The Morgan fingerprint density at radius 1 is 1.28 bits per heavy atom. The molecule has 0 aliphatic rings. The molecule has 0 atom stereocenters. The van der Waals surface area contributed by atoms with E-state index in [0.717, 1.165) is 5.56 Å². The van der Waals surface area contributed by atoms with Gasteiger partial charge in [-0.05, 0) is 38.5 Å². The molecule has 0 aliphatic carbocycles. The molecule has 1 aromatic heterocycles. The van der Waals surface area contributed by atoms with E-state index in [-0.39, 0.29) is 5.91 Å². The van der Waals surface area contributed by atoms with Gasteiger partial charge < -0.3 is 19.9 Å². The molecule has 0 radical (unpaired) electrons. The molecule has 25 heavy (non-hydrogen) atoms.